The number of ether oxygens (including phenoxy) is 1. The first-order valence-electron chi connectivity index (χ1n) is 12.2. The molecule has 6 N–H and O–H groups in total. The molecule has 0 amide bonds. The number of anilines is 1. The SMILES string of the molecule is C=C(F)/C(F)=C(\C=C/CC)OC/C=C(C)\C(=C/C)n1ncc(C(=O)c2cc3c([nH]2)=CC(NSN)C(OF)C=3)c1N. The zero-order valence-electron chi connectivity index (χ0n) is 22.2. The highest BCUT2D eigenvalue weighted by atomic mass is 32.2. The van der Waals surface area contributed by atoms with E-state index < -0.39 is 29.6 Å². The van der Waals surface area contributed by atoms with E-state index in [1.807, 2.05) is 6.92 Å². The Bertz CT molecular complexity index is 1510. The predicted molar refractivity (Wildman–Crippen MR) is 151 cm³/mol. The summed E-state index contributed by atoms with van der Waals surface area (Å²) in [4.78, 5) is 20.4. The van der Waals surface area contributed by atoms with E-state index >= 15 is 0 Å². The third kappa shape index (κ3) is 6.86. The molecule has 0 saturated carbocycles. The first-order valence-corrected chi connectivity index (χ1v) is 13.1. The van der Waals surface area contributed by atoms with Gasteiger partial charge in [0.15, 0.2) is 17.4 Å². The number of aromatic nitrogens is 3. The molecule has 13 heteroatoms. The lowest BCUT2D eigenvalue weighted by molar-refractivity contribution is -0.158. The molecule has 0 fully saturated rings. The Labute approximate surface area is 233 Å². The highest BCUT2D eigenvalue weighted by Gasteiger charge is 2.25. The lowest BCUT2D eigenvalue weighted by Crippen LogP contribution is -2.43. The largest absolute Gasteiger partial charge is 0.486 e. The van der Waals surface area contributed by atoms with Crippen molar-refractivity contribution in [1.82, 2.24) is 19.5 Å². The van der Waals surface area contributed by atoms with Crippen LogP contribution in [-0.2, 0) is 9.68 Å². The fraction of sp³-hybridized carbons (Fsp3) is 0.259. The van der Waals surface area contributed by atoms with E-state index in [4.69, 9.17) is 15.6 Å². The number of nitrogen functional groups attached to an aromatic ring is 1. The van der Waals surface area contributed by atoms with Gasteiger partial charge in [0.25, 0.3) is 0 Å². The lowest BCUT2D eigenvalue weighted by atomic mass is 10.1. The van der Waals surface area contributed by atoms with Crippen molar-refractivity contribution in [3.05, 3.63) is 88.0 Å². The number of hydrogen-bond acceptors (Lipinski definition) is 8. The van der Waals surface area contributed by atoms with Crippen molar-refractivity contribution in [2.24, 2.45) is 5.14 Å². The van der Waals surface area contributed by atoms with E-state index in [0.717, 1.165) is 12.1 Å². The van der Waals surface area contributed by atoms with Crippen LogP contribution in [0.1, 0.15) is 43.2 Å². The Balaban J connectivity index is 1.84. The molecule has 2 atom stereocenters. The summed E-state index contributed by atoms with van der Waals surface area (Å²) in [5.74, 6) is -3.02. The minimum atomic E-state index is -1.23. The number of halogens is 3. The second-order valence-corrected chi connectivity index (χ2v) is 9.12. The molecular formula is C27H31F3N6O3S. The average molecular weight is 577 g/mol. The van der Waals surface area contributed by atoms with Gasteiger partial charge in [-0.25, -0.2) is 13.8 Å². The second kappa shape index (κ2) is 14.0. The fourth-order valence-electron chi connectivity index (χ4n) is 3.99. The number of rotatable bonds is 13. The molecule has 40 heavy (non-hydrogen) atoms. The number of carbonyl (C=O) groups excluding carboxylic acids is 1. The van der Waals surface area contributed by atoms with Gasteiger partial charge in [-0.3, -0.25) is 9.93 Å². The summed E-state index contributed by atoms with van der Waals surface area (Å²) >= 11 is 0.821. The van der Waals surface area contributed by atoms with Gasteiger partial charge < -0.3 is 15.5 Å². The zero-order valence-corrected chi connectivity index (χ0v) is 23.0. The van der Waals surface area contributed by atoms with Crippen LogP contribution in [0.3, 0.4) is 0 Å². The highest BCUT2D eigenvalue weighted by Crippen LogP contribution is 2.24. The molecule has 3 rings (SSSR count). The van der Waals surface area contributed by atoms with Crippen LogP contribution in [0.5, 0.6) is 0 Å². The van der Waals surface area contributed by atoms with Crippen LogP contribution in [0, 0.1) is 0 Å². The number of nitrogens with zero attached hydrogens (tertiary/aromatic N) is 2. The van der Waals surface area contributed by atoms with E-state index in [1.165, 1.54) is 23.0 Å². The summed E-state index contributed by atoms with van der Waals surface area (Å²) in [5.41, 5.74) is 7.90. The van der Waals surface area contributed by atoms with Crippen molar-refractivity contribution in [3.63, 3.8) is 0 Å². The predicted octanol–water partition coefficient (Wildman–Crippen LogP) is 3.80. The summed E-state index contributed by atoms with van der Waals surface area (Å²) in [6.45, 7) is 8.25. The maximum atomic E-state index is 14.1. The van der Waals surface area contributed by atoms with Crippen LogP contribution >= 0.6 is 12.1 Å². The van der Waals surface area contributed by atoms with Crippen LogP contribution in [0.4, 0.5) is 19.1 Å². The summed E-state index contributed by atoms with van der Waals surface area (Å²) in [7, 11) is 0. The van der Waals surface area contributed by atoms with Gasteiger partial charge in [-0.2, -0.15) is 14.4 Å². The van der Waals surface area contributed by atoms with Gasteiger partial charge in [0.2, 0.25) is 5.78 Å². The summed E-state index contributed by atoms with van der Waals surface area (Å²) < 4.78 is 50.0. The van der Waals surface area contributed by atoms with Gasteiger partial charge in [0, 0.05) is 17.5 Å². The topological polar surface area (TPSA) is 133 Å². The number of ketones is 1. The van der Waals surface area contributed by atoms with Gasteiger partial charge in [0.1, 0.15) is 18.5 Å². The zero-order chi connectivity index (χ0) is 29.4. The molecular weight excluding hydrogens is 545 g/mol. The summed E-state index contributed by atoms with van der Waals surface area (Å²) in [6.07, 6.45) is 10.6. The summed E-state index contributed by atoms with van der Waals surface area (Å²) in [6, 6.07) is 1.02. The average Bonchev–Trinajstić information content (AvgIpc) is 3.53. The Hall–Kier alpha value is -3.78. The van der Waals surface area contributed by atoms with Crippen molar-refractivity contribution in [1.29, 1.82) is 0 Å². The number of fused-ring (bicyclic) bond motifs is 1. The smallest absolute Gasteiger partial charge is 0.214 e. The molecule has 2 aromatic heterocycles. The molecule has 0 spiro atoms. The van der Waals surface area contributed by atoms with Crippen LogP contribution in [0.2, 0.25) is 0 Å². The molecule has 214 valence electrons. The number of nitrogens with two attached hydrogens (primary N) is 2. The van der Waals surface area contributed by atoms with Crippen LogP contribution < -0.4 is 26.2 Å². The molecule has 2 unspecified atom stereocenters. The number of carbonyl (C=O) groups is 1. The van der Waals surface area contributed by atoms with Gasteiger partial charge >= 0.3 is 0 Å². The van der Waals surface area contributed by atoms with Crippen molar-refractivity contribution in [2.45, 2.75) is 39.3 Å². The highest BCUT2D eigenvalue weighted by molar-refractivity contribution is 7.95. The van der Waals surface area contributed by atoms with Crippen molar-refractivity contribution < 1.29 is 27.8 Å². The maximum Gasteiger partial charge on any atom is 0.214 e. The van der Waals surface area contributed by atoms with Crippen LogP contribution in [-0.4, -0.2) is 39.3 Å². The number of hydrogen-bond donors (Lipinski definition) is 4. The quantitative estimate of drug-likeness (QED) is 0.123. The summed E-state index contributed by atoms with van der Waals surface area (Å²) in [5, 5.41) is 10.9. The van der Waals surface area contributed by atoms with Crippen molar-refractivity contribution in [2.75, 3.05) is 12.3 Å². The van der Waals surface area contributed by atoms with E-state index in [-0.39, 0.29) is 29.4 Å². The second-order valence-electron chi connectivity index (χ2n) is 8.65. The van der Waals surface area contributed by atoms with E-state index in [0.29, 0.717) is 28.3 Å². The van der Waals surface area contributed by atoms with E-state index in [9.17, 15) is 18.1 Å². The van der Waals surface area contributed by atoms with E-state index in [2.05, 4.69) is 26.3 Å². The molecule has 1 aliphatic rings. The molecule has 0 saturated heterocycles. The number of H-pyrrole nitrogens is 1. The molecule has 2 heterocycles. The van der Waals surface area contributed by atoms with Crippen molar-refractivity contribution in [3.8, 4) is 0 Å². The number of nitrogens with one attached hydrogen (secondary N) is 2. The van der Waals surface area contributed by atoms with Gasteiger partial charge in [-0.15, -0.1) is 0 Å². The van der Waals surface area contributed by atoms with Gasteiger partial charge in [-0.05, 0) is 66.0 Å². The first-order chi connectivity index (χ1) is 19.2. The molecule has 9 nitrogen and oxygen atoms in total. The molecule has 1 aliphatic carbocycles. The molecule has 2 aromatic rings. The monoisotopic (exact) mass is 576 g/mol. The molecule has 0 aliphatic heterocycles. The lowest BCUT2D eigenvalue weighted by Gasteiger charge is -2.19. The Morgan fingerprint density at radius 3 is 2.75 bits per heavy atom. The minimum Gasteiger partial charge on any atom is -0.486 e. The third-order valence-corrected chi connectivity index (χ3v) is 6.43. The van der Waals surface area contributed by atoms with Crippen LogP contribution in [0.25, 0.3) is 17.8 Å². The molecule has 0 aromatic carbocycles. The van der Waals surface area contributed by atoms with Gasteiger partial charge in [-0.1, -0.05) is 25.7 Å². The minimum absolute atomic E-state index is 0.0800. The third-order valence-electron chi connectivity index (χ3n) is 6.02. The maximum absolute atomic E-state index is 14.1. The standard InChI is InChI=1S/C27H31F3N6O3S/c1-5-7-8-23(25(29)16(4)28)38-10-9-15(3)22(6-2)36-27(31)18(14-33-36)26(37)21-11-17-12-24(39-30)20(35-40-32)13-19(17)34-21/h6-9,11-14,20,24,34-35H,4-5,10,31-32H2,1-3H3/b8-7-,15-9-,22-6+,25-23-. The van der Waals surface area contributed by atoms with E-state index in [1.54, 1.807) is 44.2 Å². The number of allylic oxidation sites excluding steroid dienone is 7. The normalized spacial score (nSPS) is 18.2. The van der Waals surface area contributed by atoms with Gasteiger partial charge in [0.05, 0.1) is 29.2 Å². The number of aromatic amines is 1. The molecule has 0 radical (unpaired) electrons. The Morgan fingerprint density at radius 1 is 1.38 bits per heavy atom. The Kier molecular flexibility index (Phi) is 10.8. The first kappa shape index (κ1) is 30.8. The fourth-order valence-corrected chi connectivity index (χ4v) is 4.35. The van der Waals surface area contributed by atoms with Crippen molar-refractivity contribution >= 4 is 41.6 Å². The van der Waals surface area contributed by atoms with Crippen LogP contribution in [0.15, 0.2) is 66.1 Å². The Morgan fingerprint density at radius 2 is 2.12 bits per heavy atom. The molecule has 0 bridgehead atoms.